The van der Waals surface area contributed by atoms with E-state index in [1.165, 1.54) is 56.6 Å². The molecule has 0 bridgehead atoms. The standard InChI is InChI=1S/C33H27F2N5O5S/c1-18-5-9-20(10-6-18)31-30(32(41)36-2)25-14-23(28(16-29(25)45-31)39(3)46(4,43)44)22-13-24-27(15-26(22)35)37-38-40(33(24)42)17-19-7-11-21(34)12-8-19/h5-16H,17H2,1-4H3,(H,36,41). The first-order chi connectivity index (χ1) is 21.8. The number of halogens is 2. The highest BCUT2D eigenvalue weighted by Crippen LogP contribution is 2.42. The molecule has 0 fully saturated rings. The monoisotopic (exact) mass is 643 g/mol. The number of hydrogen-bond acceptors (Lipinski definition) is 7. The molecule has 46 heavy (non-hydrogen) atoms. The van der Waals surface area contributed by atoms with Gasteiger partial charge in [0.15, 0.2) is 0 Å². The minimum atomic E-state index is -3.87. The lowest BCUT2D eigenvalue weighted by atomic mass is 9.97. The van der Waals surface area contributed by atoms with Crippen LogP contribution in [0.25, 0.3) is 44.3 Å². The summed E-state index contributed by atoms with van der Waals surface area (Å²) in [4.78, 5) is 26.8. The van der Waals surface area contributed by atoms with E-state index in [9.17, 15) is 22.4 Å². The van der Waals surface area contributed by atoms with Crippen molar-refractivity contribution in [2.75, 3.05) is 24.7 Å². The Hall–Kier alpha value is -5.43. The van der Waals surface area contributed by atoms with Crippen LogP contribution in [0.2, 0.25) is 0 Å². The summed E-state index contributed by atoms with van der Waals surface area (Å²) in [7, 11) is -1.09. The Balaban J connectivity index is 1.62. The summed E-state index contributed by atoms with van der Waals surface area (Å²) in [5.74, 6) is -1.46. The number of anilines is 1. The summed E-state index contributed by atoms with van der Waals surface area (Å²) in [6.45, 7) is 1.90. The third-order valence-corrected chi connectivity index (χ3v) is 8.95. The van der Waals surface area contributed by atoms with Gasteiger partial charge in [0.2, 0.25) is 10.0 Å². The molecule has 4 aromatic carbocycles. The van der Waals surface area contributed by atoms with E-state index in [-0.39, 0.29) is 51.2 Å². The number of fused-ring (bicyclic) bond motifs is 2. The lowest BCUT2D eigenvalue weighted by molar-refractivity contribution is 0.0964. The number of nitrogens with zero attached hydrogens (tertiary/aromatic N) is 4. The summed E-state index contributed by atoms with van der Waals surface area (Å²) in [6.07, 6.45) is 0.997. The van der Waals surface area contributed by atoms with Gasteiger partial charge in [-0.2, -0.15) is 0 Å². The molecular formula is C33H27F2N5O5S. The lowest BCUT2D eigenvalue weighted by Gasteiger charge is -2.21. The summed E-state index contributed by atoms with van der Waals surface area (Å²) < 4.78 is 63.1. The molecule has 0 saturated heterocycles. The second-order valence-electron chi connectivity index (χ2n) is 10.9. The summed E-state index contributed by atoms with van der Waals surface area (Å²) in [5.41, 5.74) is 1.97. The van der Waals surface area contributed by atoms with Crippen LogP contribution in [0.4, 0.5) is 14.5 Å². The van der Waals surface area contributed by atoms with Crippen LogP contribution in [-0.4, -0.2) is 49.7 Å². The first-order valence-corrected chi connectivity index (χ1v) is 15.9. The van der Waals surface area contributed by atoms with Crippen molar-refractivity contribution in [1.82, 2.24) is 20.3 Å². The van der Waals surface area contributed by atoms with Gasteiger partial charge in [0.1, 0.15) is 28.5 Å². The van der Waals surface area contributed by atoms with Gasteiger partial charge < -0.3 is 9.73 Å². The Labute approximate surface area is 261 Å². The number of benzene rings is 4. The van der Waals surface area contributed by atoms with Gasteiger partial charge in [-0.3, -0.25) is 13.9 Å². The summed E-state index contributed by atoms with van der Waals surface area (Å²) in [6, 6.07) is 18.1. The molecular weight excluding hydrogens is 616 g/mol. The fourth-order valence-corrected chi connectivity index (χ4v) is 5.73. The molecule has 2 aromatic heterocycles. The zero-order valence-corrected chi connectivity index (χ0v) is 25.9. The molecule has 2 heterocycles. The molecule has 0 unspecified atom stereocenters. The number of amides is 1. The minimum absolute atomic E-state index is 0.0145. The Morgan fingerprint density at radius 1 is 0.978 bits per heavy atom. The number of hydrogen-bond donors (Lipinski definition) is 1. The smallest absolute Gasteiger partial charge is 0.277 e. The third-order valence-electron chi connectivity index (χ3n) is 7.76. The van der Waals surface area contributed by atoms with E-state index in [1.54, 1.807) is 12.1 Å². The molecule has 0 saturated carbocycles. The van der Waals surface area contributed by atoms with Gasteiger partial charge in [0.05, 0.1) is 29.4 Å². The molecule has 1 amide bonds. The van der Waals surface area contributed by atoms with Crippen LogP contribution in [0.15, 0.2) is 82.0 Å². The van der Waals surface area contributed by atoms with Crippen molar-refractivity contribution in [2.24, 2.45) is 0 Å². The number of aryl methyl sites for hydroxylation is 1. The van der Waals surface area contributed by atoms with Crippen LogP contribution in [0.3, 0.4) is 0 Å². The molecule has 13 heteroatoms. The number of carbonyl (C=O) groups excluding carboxylic acids is 1. The lowest BCUT2D eigenvalue weighted by Crippen LogP contribution is -2.26. The van der Waals surface area contributed by atoms with Crippen molar-refractivity contribution in [3.05, 3.63) is 111 Å². The fraction of sp³-hybridized carbons (Fsp3) is 0.152. The van der Waals surface area contributed by atoms with Crippen LogP contribution >= 0.6 is 0 Å². The van der Waals surface area contributed by atoms with Crippen molar-refractivity contribution >= 4 is 43.5 Å². The van der Waals surface area contributed by atoms with Crippen LogP contribution in [0, 0.1) is 18.6 Å². The van der Waals surface area contributed by atoms with E-state index in [1.807, 2.05) is 19.1 Å². The minimum Gasteiger partial charge on any atom is -0.455 e. The number of nitrogens with one attached hydrogen (secondary N) is 1. The zero-order valence-electron chi connectivity index (χ0n) is 25.1. The van der Waals surface area contributed by atoms with Crippen LogP contribution in [0.5, 0.6) is 0 Å². The first kappa shape index (κ1) is 30.6. The topological polar surface area (TPSA) is 127 Å². The van der Waals surface area contributed by atoms with Gasteiger partial charge in [0, 0.05) is 48.3 Å². The van der Waals surface area contributed by atoms with Gasteiger partial charge in [-0.1, -0.05) is 47.2 Å². The molecule has 0 aliphatic carbocycles. The second kappa shape index (κ2) is 11.5. The van der Waals surface area contributed by atoms with Crippen molar-refractivity contribution in [3.63, 3.8) is 0 Å². The molecule has 234 valence electrons. The number of aromatic nitrogens is 3. The Bertz CT molecular complexity index is 2330. The van der Waals surface area contributed by atoms with Crippen molar-refractivity contribution in [1.29, 1.82) is 0 Å². The summed E-state index contributed by atoms with van der Waals surface area (Å²) in [5, 5.41) is 10.9. The van der Waals surface area contributed by atoms with Gasteiger partial charge in [-0.05, 0) is 36.8 Å². The van der Waals surface area contributed by atoms with E-state index >= 15 is 4.39 Å². The molecule has 6 aromatic rings. The predicted octanol–water partition coefficient (Wildman–Crippen LogP) is 5.26. The molecule has 0 radical (unpaired) electrons. The first-order valence-electron chi connectivity index (χ1n) is 14.0. The number of carbonyl (C=O) groups is 1. The Morgan fingerprint density at radius 3 is 2.30 bits per heavy atom. The number of rotatable bonds is 7. The molecule has 6 rings (SSSR count). The van der Waals surface area contributed by atoms with E-state index in [0.717, 1.165) is 26.9 Å². The van der Waals surface area contributed by atoms with E-state index in [2.05, 4.69) is 15.6 Å². The van der Waals surface area contributed by atoms with Crippen LogP contribution in [-0.2, 0) is 16.6 Å². The highest BCUT2D eigenvalue weighted by Gasteiger charge is 2.27. The van der Waals surface area contributed by atoms with E-state index in [4.69, 9.17) is 4.42 Å². The zero-order chi connectivity index (χ0) is 32.9. The Morgan fingerprint density at radius 2 is 1.65 bits per heavy atom. The van der Waals surface area contributed by atoms with Crippen molar-refractivity contribution < 1.29 is 26.4 Å². The van der Waals surface area contributed by atoms with Gasteiger partial charge in [-0.25, -0.2) is 21.9 Å². The summed E-state index contributed by atoms with van der Waals surface area (Å²) >= 11 is 0. The van der Waals surface area contributed by atoms with Crippen LogP contribution < -0.4 is 15.2 Å². The van der Waals surface area contributed by atoms with E-state index in [0.29, 0.717) is 16.5 Å². The molecule has 0 aliphatic heterocycles. The average molecular weight is 644 g/mol. The number of furan rings is 1. The largest absolute Gasteiger partial charge is 0.455 e. The fourth-order valence-electron chi connectivity index (χ4n) is 5.22. The highest BCUT2D eigenvalue weighted by atomic mass is 32.2. The van der Waals surface area contributed by atoms with Crippen molar-refractivity contribution in [2.45, 2.75) is 13.5 Å². The van der Waals surface area contributed by atoms with Gasteiger partial charge in [0.25, 0.3) is 11.5 Å². The molecule has 0 atom stereocenters. The number of sulfonamides is 1. The maximum Gasteiger partial charge on any atom is 0.277 e. The predicted molar refractivity (Wildman–Crippen MR) is 171 cm³/mol. The van der Waals surface area contributed by atoms with Gasteiger partial charge in [-0.15, -0.1) is 5.10 Å². The van der Waals surface area contributed by atoms with Crippen molar-refractivity contribution in [3.8, 4) is 22.5 Å². The van der Waals surface area contributed by atoms with E-state index < -0.39 is 33.1 Å². The average Bonchev–Trinajstić information content (AvgIpc) is 3.40. The normalized spacial score (nSPS) is 11.7. The molecule has 10 nitrogen and oxygen atoms in total. The quantitative estimate of drug-likeness (QED) is 0.251. The Kier molecular flexibility index (Phi) is 7.64. The molecule has 1 N–H and O–H groups in total. The SMILES string of the molecule is CNC(=O)c1c(-c2ccc(C)cc2)oc2cc(N(C)S(C)(=O)=O)c(-c3cc4c(=O)n(Cc5ccc(F)cc5)nnc4cc3F)cc12. The molecule has 0 spiro atoms. The maximum atomic E-state index is 15.9. The molecule has 0 aliphatic rings. The maximum absolute atomic E-state index is 15.9. The van der Waals surface area contributed by atoms with Gasteiger partial charge >= 0.3 is 0 Å². The third kappa shape index (κ3) is 5.49. The van der Waals surface area contributed by atoms with Crippen LogP contribution in [0.1, 0.15) is 21.5 Å². The highest BCUT2D eigenvalue weighted by molar-refractivity contribution is 7.92. The second-order valence-corrected chi connectivity index (χ2v) is 12.9.